The van der Waals surface area contributed by atoms with E-state index in [-0.39, 0.29) is 23.9 Å². The zero-order valence-electron chi connectivity index (χ0n) is 14.1. The number of carbonyl (C=O) groups excluding carboxylic acids is 1. The smallest absolute Gasteiger partial charge is 0.293 e. The highest BCUT2D eigenvalue weighted by molar-refractivity contribution is 6.32. The first-order valence-electron chi connectivity index (χ1n) is 8.14. The third-order valence-corrected chi connectivity index (χ3v) is 4.45. The number of hydrogen-bond acceptors (Lipinski definition) is 4. The van der Waals surface area contributed by atoms with Crippen molar-refractivity contribution >= 4 is 17.5 Å². The molecule has 0 aliphatic carbocycles. The SMILES string of the molecule is CCc1nc(C(=O)N2C[C@H](C)OC[C@H]2C)nn1-c1ccccc1Cl. The minimum Gasteiger partial charge on any atom is -0.375 e. The lowest BCUT2D eigenvalue weighted by molar-refractivity contribution is -0.0391. The van der Waals surface area contributed by atoms with E-state index in [1.54, 1.807) is 15.6 Å². The molecule has 0 spiro atoms. The molecule has 0 saturated carbocycles. The van der Waals surface area contributed by atoms with Crippen molar-refractivity contribution in [2.45, 2.75) is 39.3 Å². The quantitative estimate of drug-likeness (QED) is 0.855. The summed E-state index contributed by atoms with van der Waals surface area (Å²) in [4.78, 5) is 19.1. The molecule has 1 amide bonds. The summed E-state index contributed by atoms with van der Waals surface area (Å²) in [5.74, 6) is 0.742. The molecule has 7 heteroatoms. The van der Waals surface area contributed by atoms with E-state index >= 15 is 0 Å². The molecular weight excluding hydrogens is 328 g/mol. The summed E-state index contributed by atoms with van der Waals surface area (Å²) in [6.45, 7) is 6.97. The first-order valence-corrected chi connectivity index (χ1v) is 8.52. The van der Waals surface area contributed by atoms with Crippen molar-refractivity contribution in [2.24, 2.45) is 0 Å². The molecule has 24 heavy (non-hydrogen) atoms. The second kappa shape index (κ2) is 6.91. The van der Waals surface area contributed by atoms with Gasteiger partial charge in [0.25, 0.3) is 5.91 Å². The second-order valence-electron chi connectivity index (χ2n) is 6.02. The van der Waals surface area contributed by atoms with Crippen LogP contribution >= 0.6 is 11.6 Å². The summed E-state index contributed by atoms with van der Waals surface area (Å²) in [5, 5.41) is 5.01. The summed E-state index contributed by atoms with van der Waals surface area (Å²) in [6.07, 6.45) is 0.669. The van der Waals surface area contributed by atoms with Gasteiger partial charge in [-0.2, -0.15) is 0 Å². The van der Waals surface area contributed by atoms with Crippen LogP contribution in [0.15, 0.2) is 24.3 Å². The maximum absolute atomic E-state index is 12.9. The normalized spacial score (nSPS) is 21.1. The Labute approximate surface area is 146 Å². The van der Waals surface area contributed by atoms with Crippen molar-refractivity contribution < 1.29 is 9.53 Å². The molecule has 0 radical (unpaired) electrons. The van der Waals surface area contributed by atoms with E-state index in [4.69, 9.17) is 16.3 Å². The van der Waals surface area contributed by atoms with Crippen molar-refractivity contribution in [3.63, 3.8) is 0 Å². The van der Waals surface area contributed by atoms with Crippen LogP contribution in [0.25, 0.3) is 5.69 Å². The average Bonchev–Trinajstić information content (AvgIpc) is 3.01. The van der Waals surface area contributed by atoms with Gasteiger partial charge in [0.1, 0.15) is 5.82 Å². The standard InChI is InChI=1S/C17H21ClN4O2/c1-4-15-19-16(17(23)21-9-12(3)24-10-11(21)2)20-22(15)14-8-6-5-7-13(14)18/h5-8,11-12H,4,9-10H2,1-3H3/t11-,12+/m1/s1. The summed E-state index contributed by atoms with van der Waals surface area (Å²) in [5.41, 5.74) is 0.728. The van der Waals surface area contributed by atoms with E-state index < -0.39 is 0 Å². The topological polar surface area (TPSA) is 60.3 Å². The van der Waals surface area contributed by atoms with Gasteiger partial charge in [0.15, 0.2) is 0 Å². The summed E-state index contributed by atoms with van der Waals surface area (Å²) in [6, 6.07) is 7.41. The van der Waals surface area contributed by atoms with E-state index in [0.29, 0.717) is 30.4 Å². The van der Waals surface area contributed by atoms with Gasteiger partial charge in [-0.05, 0) is 26.0 Å². The number of benzene rings is 1. The fraction of sp³-hybridized carbons (Fsp3) is 0.471. The van der Waals surface area contributed by atoms with Gasteiger partial charge in [0.2, 0.25) is 5.82 Å². The summed E-state index contributed by atoms with van der Waals surface area (Å²) in [7, 11) is 0. The minimum atomic E-state index is -0.168. The highest BCUT2D eigenvalue weighted by Crippen LogP contribution is 2.21. The third-order valence-electron chi connectivity index (χ3n) is 4.13. The van der Waals surface area contributed by atoms with E-state index in [0.717, 1.165) is 5.69 Å². The number of rotatable bonds is 3. The molecule has 1 saturated heterocycles. The Hall–Kier alpha value is -1.92. The highest BCUT2D eigenvalue weighted by Gasteiger charge is 2.31. The molecule has 6 nitrogen and oxygen atoms in total. The van der Waals surface area contributed by atoms with Gasteiger partial charge in [-0.25, -0.2) is 9.67 Å². The lowest BCUT2D eigenvalue weighted by atomic mass is 10.2. The van der Waals surface area contributed by atoms with Crippen LogP contribution in [0.3, 0.4) is 0 Å². The van der Waals surface area contributed by atoms with Gasteiger partial charge in [0.05, 0.1) is 29.5 Å². The van der Waals surface area contributed by atoms with Crippen LogP contribution in [0.2, 0.25) is 5.02 Å². The Morgan fingerprint density at radius 2 is 2.12 bits per heavy atom. The largest absolute Gasteiger partial charge is 0.375 e. The van der Waals surface area contributed by atoms with Gasteiger partial charge in [0, 0.05) is 13.0 Å². The maximum atomic E-state index is 12.9. The molecule has 1 aliphatic heterocycles. The second-order valence-corrected chi connectivity index (χ2v) is 6.43. The Kier molecular flexibility index (Phi) is 4.87. The van der Waals surface area contributed by atoms with Crippen molar-refractivity contribution in [1.29, 1.82) is 0 Å². The summed E-state index contributed by atoms with van der Waals surface area (Å²) < 4.78 is 7.24. The molecule has 2 aromatic rings. The van der Waals surface area contributed by atoms with E-state index in [1.807, 2.05) is 39.0 Å². The molecule has 3 rings (SSSR count). The first kappa shape index (κ1) is 16.9. The van der Waals surface area contributed by atoms with Crippen molar-refractivity contribution in [1.82, 2.24) is 19.7 Å². The molecule has 1 fully saturated rings. The predicted molar refractivity (Wildman–Crippen MR) is 91.7 cm³/mol. The summed E-state index contributed by atoms with van der Waals surface area (Å²) >= 11 is 6.27. The van der Waals surface area contributed by atoms with E-state index in [2.05, 4.69) is 10.1 Å². The van der Waals surface area contributed by atoms with Crippen LogP contribution in [0.1, 0.15) is 37.2 Å². The van der Waals surface area contributed by atoms with Crippen molar-refractivity contribution in [3.05, 3.63) is 40.9 Å². The van der Waals surface area contributed by atoms with Gasteiger partial charge in [-0.3, -0.25) is 4.79 Å². The van der Waals surface area contributed by atoms with Crippen LogP contribution in [0.4, 0.5) is 0 Å². The Bertz CT molecular complexity index is 746. The number of morpholine rings is 1. The monoisotopic (exact) mass is 348 g/mol. The molecule has 2 heterocycles. The van der Waals surface area contributed by atoms with Crippen LogP contribution in [-0.4, -0.2) is 50.9 Å². The Balaban J connectivity index is 1.95. The molecule has 0 N–H and O–H groups in total. The predicted octanol–water partition coefficient (Wildman–Crippen LogP) is 2.73. The van der Waals surface area contributed by atoms with E-state index in [9.17, 15) is 4.79 Å². The van der Waals surface area contributed by atoms with Gasteiger partial charge < -0.3 is 9.64 Å². The van der Waals surface area contributed by atoms with Crippen molar-refractivity contribution in [3.8, 4) is 5.69 Å². The zero-order valence-corrected chi connectivity index (χ0v) is 14.8. The van der Waals surface area contributed by atoms with Crippen LogP contribution in [-0.2, 0) is 11.2 Å². The number of carbonyl (C=O) groups is 1. The van der Waals surface area contributed by atoms with Gasteiger partial charge in [-0.15, -0.1) is 5.10 Å². The third kappa shape index (κ3) is 3.16. The molecule has 1 aromatic carbocycles. The molecule has 1 aliphatic rings. The fourth-order valence-electron chi connectivity index (χ4n) is 2.79. The van der Waals surface area contributed by atoms with E-state index in [1.165, 1.54) is 0 Å². The maximum Gasteiger partial charge on any atom is 0.293 e. The molecule has 2 atom stereocenters. The average molecular weight is 349 g/mol. The van der Waals surface area contributed by atoms with Gasteiger partial charge in [-0.1, -0.05) is 30.7 Å². The number of aromatic nitrogens is 3. The lowest BCUT2D eigenvalue weighted by Crippen LogP contribution is -2.50. The highest BCUT2D eigenvalue weighted by atomic mass is 35.5. The number of amides is 1. The van der Waals surface area contributed by atoms with Crippen LogP contribution in [0, 0.1) is 0 Å². The first-order chi connectivity index (χ1) is 11.5. The van der Waals surface area contributed by atoms with Crippen LogP contribution in [0.5, 0.6) is 0 Å². The molecule has 0 bridgehead atoms. The number of para-hydroxylation sites is 1. The molecule has 0 unspecified atom stereocenters. The lowest BCUT2D eigenvalue weighted by Gasteiger charge is -2.36. The molecule has 128 valence electrons. The Morgan fingerprint density at radius 1 is 1.38 bits per heavy atom. The zero-order chi connectivity index (χ0) is 17.3. The number of ether oxygens (including phenoxy) is 1. The molecular formula is C17H21ClN4O2. The fourth-order valence-corrected chi connectivity index (χ4v) is 3.01. The number of nitrogens with zero attached hydrogens (tertiary/aromatic N) is 4. The number of aryl methyl sites for hydroxylation is 1. The molecule has 1 aromatic heterocycles. The number of hydrogen-bond donors (Lipinski definition) is 0. The van der Waals surface area contributed by atoms with Crippen LogP contribution < -0.4 is 0 Å². The van der Waals surface area contributed by atoms with Crippen molar-refractivity contribution in [2.75, 3.05) is 13.2 Å². The Morgan fingerprint density at radius 3 is 2.83 bits per heavy atom. The number of halogens is 1. The van der Waals surface area contributed by atoms with Gasteiger partial charge >= 0.3 is 0 Å². The minimum absolute atomic E-state index is 0.00559.